The summed E-state index contributed by atoms with van der Waals surface area (Å²) in [6.07, 6.45) is 3.29. The molecule has 0 saturated carbocycles. The van der Waals surface area contributed by atoms with E-state index in [9.17, 15) is 14.3 Å². The van der Waals surface area contributed by atoms with Crippen LogP contribution >= 0.6 is 0 Å². The normalized spacial score (nSPS) is 10.8. The molecule has 0 radical (unpaired) electrons. The number of carbonyl (C=O) groups is 1. The topological polar surface area (TPSA) is 83.5 Å². The Morgan fingerprint density at radius 2 is 2.00 bits per heavy atom. The molecule has 32 heavy (non-hydrogen) atoms. The maximum atomic E-state index is 14.0. The molecule has 0 saturated heterocycles. The standard InChI is InChI=1S/C25H28FN3O3/c1-16(2)12-28-23-6-5-18(21-14-27-9-8-19(21)15-30)11-20(23)25(31)29-13-17-4-7-24(32-3)22(26)10-17/h4-11,14,16,28,30H,12-13,15H2,1-3H3,(H,29,31). The Balaban J connectivity index is 1.88. The Labute approximate surface area is 187 Å². The molecule has 0 spiro atoms. The van der Waals surface area contributed by atoms with Gasteiger partial charge in [-0.2, -0.15) is 0 Å². The lowest BCUT2D eigenvalue weighted by molar-refractivity contribution is 0.0951. The highest BCUT2D eigenvalue weighted by Gasteiger charge is 2.15. The number of aromatic nitrogens is 1. The van der Waals surface area contributed by atoms with Crippen LogP contribution < -0.4 is 15.4 Å². The van der Waals surface area contributed by atoms with E-state index in [0.29, 0.717) is 29.3 Å². The fraction of sp³-hybridized carbons (Fsp3) is 0.280. The zero-order chi connectivity index (χ0) is 23.1. The van der Waals surface area contributed by atoms with Crippen molar-refractivity contribution in [1.29, 1.82) is 0 Å². The third kappa shape index (κ3) is 5.62. The van der Waals surface area contributed by atoms with Crippen LogP contribution in [0.5, 0.6) is 5.75 Å². The third-order valence-electron chi connectivity index (χ3n) is 5.03. The lowest BCUT2D eigenvalue weighted by Gasteiger charge is -2.16. The first-order valence-corrected chi connectivity index (χ1v) is 10.5. The highest BCUT2D eigenvalue weighted by atomic mass is 19.1. The minimum absolute atomic E-state index is 0.129. The van der Waals surface area contributed by atoms with Gasteiger partial charge in [-0.1, -0.05) is 26.0 Å². The zero-order valence-electron chi connectivity index (χ0n) is 18.5. The van der Waals surface area contributed by atoms with Gasteiger partial charge in [-0.25, -0.2) is 4.39 Å². The first-order valence-electron chi connectivity index (χ1n) is 10.5. The minimum Gasteiger partial charge on any atom is -0.494 e. The van der Waals surface area contributed by atoms with E-state index in [0.717, 1.165) is 16.7 Å². The molecule has 0 atom stereocenters. The molecule has 0 bridgehead atoms. The van der Waals surface area contributed by atoms with Gasteiger partial charge in [-0.15, -0.1) is 0 Å². The summed E-state index contributed by atoms with van der Waals surface area (Å²) in [7, 11) is 1.41. The molecule has 0 unspecified atom stereocenters. The van der Waals surface area contributed by atoms with Crippen molar-refractivity contribution >= 4 is 11.6 Å². The molecule has 3 rings (SSSR count). The quantitative estimate of drug-likeness (QED) is 0.463. The summed E-state index contributed by atoms with van der Waals surface area (Å²) in [4.78, 5) is 17.2. The summed E-state index contributed by atoms with van der Waals surface area (Å²) in [6.45, 7) is 4.92. The van der Waals surface area contributed by atoms with Crippen LogP contribution in [-0.4, -0.2) is 29.7 Å². The highest BCUT2D eigenvalue weighted by Crippen LogP contribution is 2.28. The number of aliphatic hydroxyl groups excluding tert-OH is 1. The number of ether oxygens (including phenoxy) is 1. The number of rotatable bonds is 9. The Hall–Kier alpha value is -3.45. The number of halogens is 1. The third-order valence-corrected chi connectivity index (χ3v) is 5.03. The van der Waals surface area contributed by atoms with Crippen LogP contribution in [0.25, 0.3) is 11.1 Å². The maximum Gasteiger partial charge on any atom is 0.253 e. The molecule has 0 fully saturated rings. The van der Waals surface area contributed by atoms with Crippen LogP contribution in [0.1, 0.15) is 35.3 Å². The molecule has 2 aromatic carbocycles. The van der Waals surface area contributed by atoms with E-state index in [1.54, 1.807) is 30.6 Å². The Kier molecular flexibility index (Phi) is 7.78. The molecule has 6 nitrogen and oxygen atoms in total. The molecule has 1 aromatic heterocycles. The summed E-state index contributed by atoms with van der Waals surface area (Å²) < 4.78 is 18.9. The molecule has 168 valence electrons. The van der Waals surface area contributed by atoms with Crippen molar-refractivity contribution in [3.63, 3.8) is 0 Å². The van der Waals surface area contributed by atoms with E-state index in [-0.39, 0.29) is 24.8 Å². The molecular formula is C25H28FN3O3. The van der Waals surface area contributed by atoms with Crippen LogP contribution in [0.3, 0.4) is 0 Å². The largest absolute Gasteiger partial charge is 0.494 e. The lowest BCUT2D eigenvalue weighted by Crippen LogP contribution is -2.24. The number of carbonyl (C=O) groups excluding carboxylic acids is 1. The summed E-state index contributed by atoms with van der Waals surface area (Å²) in [6, 6.07) is 11.9. The number of nitrogens with zero attached hydrogens (tertiary/aromatic N) is 1. The number of amides is 1. The van der Waals surface area contributed by atoms with Crippen LogP contribution in [0.15, 0.2) is 54.9 Å². The Morgan fingerprint density at radius 3 is 2.69 bits per heavy atom. The molecule has 3 aromatic rings. The van der Waals surface area contributed by atoms with Gasteiger partial charge in [-0.3, -0.25) is 9.78 Å². The average molecular weight is 438 g/mol. The second kappa shape index (κ2) is 10.7. The van der Waals surface area contributed by atoms with Crippen LogP contribution in [-0.2, 0) is 13.2 Å². The summed E-state index contributed by atoms with van der Waals surface area (Å²) in [5.41, 5.74) is 4.05. The Morgan fingerprint density at radius 1 is 1.19 bits per heavy atom. The van der Waals surface area contributed by atoms with Gasteiger partial charge in [0, 0.05) is 36.7 Å². The molecule has 3 N–H and O–H groups in total. The number of anilines is 1. The van der Waals surface area contributed by atoms with E-state index < -0.39 is 5.82 Å². The second-order valence-corrected chi connectivity index (χ2v) is 7.88. The van der Waals surface area contributed by atoms with Crippen LogP contribution in [0.4, 0.5) is 10.1 Å². The van der Waals surface area contributed by atoms with Crippen molar-refractivity contribution in [2.24, 2.45) is 5.92 Å². The van der Waals surface area contributed by atoms with Gasteiger partial charge in [0.15, 0.2) is 11.6 Å². The summed E-state index contributed by atoms with van der Waals surface area (Å²) in [5, 5.41) is 15.9. The SMILES string of the molecule is COc1ccc(CNC(=O)c2cc(-c3cnccc3CO)ccc2NCC(C)C)cc1F. The van der Waals surface area contributed by atoms with E-state index in [1.807, 2.05) is 12.1 Å². The first-order chi connectivity index (χ1) is 15.4. The molecule has 7 heteroatoms. The van der Waals surface area contributed by atoms with E-state index in [4.69, 9.17) is 4.74 Å². The van der Waals surface area contributed by atoms with Gasteiger partial charge < -0.3 is 20.5 Å². The van der Waals surface area contributed by atoms with E-state index >= 15 is 0 Å². The number of nitrogens with one attached hydrogen (secondary N) is 2. The monoisotopic (exact) mass is 437 g/mol. The smallest absolute Gasteiger partial charge is 0.253 e. The zero-order valence-corrected chi connectivity index (χ0v) is 18.5. The van der Waals surface area contributed by atoms with Gasteiger partial charge in [0.1, 0.15) is 0 Å². The van der Waals surface area contributed by atoms with Crippen LogP contribution in [0.2, 0.25) is 0 Å². The molecule has 1 heterocycles. The lowest BCUT2D eigenvalue weighted by atomic mass is 9.98. The molecular weight excluding hydrogens is 409 g/mol. The van der Waals surface area contributed by atoms with E-state index in [1.165, 1.54) is 19.2 Å². The van der Waals surface area contributed by atoms with Crippen molar-refractivity contribution in [2.75, 3.05) is 19.0 Å². The van der Waals surface area contributed by atoms with Crippen molar-refractivity contribution in [3.05, 3.63) is 77.4 Å². The van der Waals surface area contributed by atoms with Gasteiger partial charge in [0.2, 0.25) is 0 Å². The number of hydrogen-bond donors (Lipinski definition) is 3. The van der Waals surface area contributed by atoms with Crippen molar-refractivity contribution in [3.8, 4) is 16.9 Å². The molecule has 0 aliphatic rings. The van der Waals surface area contributed by atoms with Crippen molar-refractivity contribution in [2.45, 2.75) is 27.0 Å². The van der Waals surface area contributed by atoms with Gasteiger partial charge in [0.05, 0.1) is 19.3 Å². The van der Waals surface area contributed by atoms with Crippen molar-refractivity contribution < 1.29 is 19.0 Å². The average Bonchev–Trinajstić information content (AvgIpc) is 2.81. The van der Waals surface area contributed by atoms with Gasteiger partial charge in [-0.05, 0) is 52.9 Å². The van der Waals surface area contributed by atoms with Crippen LogP contribution in [0, 0.1) is 11.7 Å². The fourth-order valence-corrected chi connectivity index (χ4v) is 3.29. The predicted octanol–water partition coefficient (Wildman–Crippen LogP) is 4.39. The highest BCUT2D eigenvalue weighted by molar-refractivity contribution is 6.01. The summed E-state index contributed by atoms with van der Waals surface area (Å²) in [5.74, 6) is -0.214. The second-order valence-electron chi connectivity index (χ2n) is 7.88. The fourth-order valence-electron chi connectivity index (χ4n) is 3.29. The predicted molar refractivity (Wildman–Crippen MR) is 123 cm³/mol. The molecule has 0 aliphatic heterocycles. The minimum atomic E-state index is -0.478. The number of benzene rings is 2. The van der Waals surface area contributed by atoms with E-state index in [2.05, 4.69) is 29.5 Å². The summed E-state index contributed by atoms with van der Waals surface area (Å²) >= 11 is 0. The maximum absolute atomic E-state index is 14.0. The number of methoxy groups -OCH3 is 1. The molecule has 1 amide bonds. The number of hydrogen-bond acceptors (Lipinski definition) is 5. The van der Waals surface area contributed by atoms with Crippen molar-refractivity contribution in [1.82, 2.24) is 10.3 Å². The van der Waals surface area contributed by atoms with Gasteiger partial charge >= 0.3 is 0 Å². The van der Waals surface area contributed by atoms with Gasteiger partial charge in [0.25, 0.3) is 5.91 Å². The number of aliphatic hydroxyl groups is 1. The Bertz CT molecular complexity index is 1090. The number of pyridine rings is 1. The first kappa shape index (κ1) is 23.2. The molecule has 0 aliphatic carbocycles.